The molecule has 2 aromatic rings. The Hall–Kier alpha value is -2.73. The number of nitro groups is 1. The van der Waals surface area contributed by atoms with Crippen LogP contribution in [0, 0.1) is 10.1 Å². The molecular weight excluding hydrogens is 318 g/mol. The van der Waals surface area contributed by atoms with Gasteiger partial charge >= 0.3 is 0 Å². The van der Waals surface area contributed by atoms with Gasteiger partial charge in [-0.15, -0.1) is 0 Å². The number of hydrogen-bond donors (Lipinski definition) is 1. The molecule has 0 unspecified atom stereocenters. The molecule has 1 aliphatic rings. The van der Waals surface area contributed by atoms with Crippen LogP contribution in [0.15, 0.2) is 54.6 Å². The second-order valence-electron chi connectivity index (χ2n) is 6.39. The zero-order valence-electron chi connectivity index (χ0n) is 14.1. The average molecular weight is 340 g/mol. The van der Waals surface area contributed by atoms with Gasteiger partial charge < -0.3 is 9.80 Å². The summed E-state index contributed by atoms with van der Waals surface area (Å²) in [6.07, 6.45) is 0.298. The van der Waals surface area contributed by atoms with E-state index < -0.39 is 4.92 Å². The monoisotopic (exact) mass is 340 g/mol. The minimum atomic E-state index is -0.430. The number of piperazine rings is 1. The van der Waals surface area contributed by atoms with Crippen molar-refractivity contribution in [1.82, 2.24) is 4.90 Å². The molecule has 6 heteroatoms. The van der Waals surface area contributed by atoms with Crippen LogP contribution in [-0.2, 0) is 17.8 Å². The second kappa shape index (κ2) is 7.90. The lowest BCUT2D eigenvalue weighted by Crippen LogP contribution is -3.13. The molecule has 1 amide bonds. The van der Waals surface area contributed by atoms with Crippen molar-refractivity contribution < 1.29 is 14.6 Å². The van der Waals surface area contributed by atoms with E-state index in [-0.39, 0.29) is 11.6 Å². The Bertz CT molecular complexity index is 723. The van der Waals surface area contributed by atoms with Gasteiger partial charge in [0.2, 0.25) is 5.91 Å². The van der Waals surface area contributed by atoms with Crippen molar-refractivity contribution in [2.24, 2.45) is 0 Å². The van der Waals surface area contributed by atoms with Crippen LogP contribution in [0.3, 0.4) is 0 Å². The van der Waals surface area contributed by atoms with Crippen molar-refractivity contribution >= 4 is 11.6 Å². The first-order valence-electron chi connectivity index (χ1n) is 8.50. The number of carbonyl (C=O) groups excluding carboxylic acids is 1. The van der Waals surface area contributed by atoms with E-state index in [0.29, 0.717) is 6.42 Å². The van der Waals surface area contributed by atoms with Crippen molar-refractivity contribution in [3.8, 4) is 0 Å². The van der Waals surface area contributed by atoms with E-state index in [4.69, 9.17) is 0 Å². The van der Waals surface area contributed by atoms with Gasteiger partial charge in [-0.1, -0.05) is 42.5 Å². The predicted octanol–water partition coefficient (Wildman–Crippen LogP) is 1.06. The normalized spacial score (nSPS) is 15.1. The highest BCUT2D eigenvalue weighted by atomic mass is 16.6. The Labute approximate surface area is 146 Å². The molecule has 0 saturated carbocycles. The molecule has 1 heterocycles. The number of carbonyl (C=O) groups is 1. The molecule has 6 nitrogen and oxygen atoms in total. The lowest BCUT2D eigenvalue weighted by atomic mass is 10.1. The van der Waals surface area contributed by atoms with Gasteiger partial charge in [0.15, 0.2) is 0 Å². The van der Waals surface area contributed by atoms with Crippen LogP contribution < -0.4 is 4.90 Å². The summed E-state index contributed by atoms with van der Waals surface area (Å²) in [7, 11) is 0. The predicted molar refractivity (Wildman–Crippen MR) is 94.2 cm³/mol. The summed E-state index contributed by atoms with van der Waals surface area (Å²) in [6, 6.07) is 16.6. The van der Waals surface area contributed by atoms with Crippen LogP contribution in [0.25, 0.3) is 0 Å². The number of non-ortho nitro benzene ring substituents is 1. The van der Waals surface area contributed by atoms with Crippen LogP contribution in [0.4, 0.5) is 5.69 Å². The average Bonchev–Trinajstić information content (AvgIpc) is 2.63. The quantitative estimate of drug-likeness (QED) is 0.654. The largest absolute Gasteiger partial charge is 0.331 e. The van der Waals surface area contributed by atoms with Gasteiger partial charge in [0.1, 0.15) is 6.54 Å². The highest BCUT2D eigenvalue weighted by molar-refractivity contribution is 5.78. The number of hydrogen-bond acceptors (Lipinski definition) is 3. The fraction of sp³-hybridized carbons (Fsp3) is 0.316. The van der Waals surface area contributed by atoms with Crippen LogP contribution in [0.5, 0.6) is 0 Å². The molecule has 1 saturated heterocycles. The maximum Gasteiger partial charge on any atom is 0.269 e. The SMILES string of the molecule is O=C(Cc1ccc([N+](=O)[O-])cc1)N1CC[NH+](Cc2ccccc2)CC1. The van der Waals surface area contributed by atoms with Gasteiger partial charge in [0.05, 0.1) is 37.5 Å². The highest BCUT2D eigenvalue weighted by Gasteiger charge is 2.23. The van der Waals surface area contributed by atoms with Gasteiger partial charge in [-0.2, -0.15) is 0 Å². The Morgan fingerprint density at radius 1 is 1.00 bits per heavy atom. The van der Waals surface area contributed by atoms with Gasteiger partial charge in [0.25, 0.3) is 5.69 Å². The standard InChI is InChI=1S/C19H21N3O3/c23-19(14-16-6-8-18(9-7-16)22(24)25)21-12-10-20(11-13-21)15-17-4-2-1-3-5-17/h1-9H,10-15H2/p+1. The van der Waals surface area contributed by atoms with E-state index in [1.54, 1.807) is 12.1 Å². The third-order valence-electron chi connectivity index (χ3n) is 4.62. The highest BCUT2D eigenvalue weighted by Crippen LogP contribution is 2.13. The number of nitrogens with zero attached hydrogens (tertiary/aromatic N) is 2. The molecule has 3 rings (SSSR count). The lowest BCUT2D eigenvalue weighted by molar-refractivity contribution is -0.917. The summed E-state index contributed by atoms with van der Waals surface area (Å²) in [5, 5.41) is 10.7. The van der Waals surface area contributed by atoms with E-state index in [9.17, 15) is 14.9 Å². The Kier molecular flexibility index (Phi) is 5.40. The smallest absolute Gasteiger partial charge is 0.269 e. The summed E-state index contributed by atoms with van der Waals surface area (Å²) in [6.45, 7) is 4.40. The van der Waals surface area contributed by atoms with E-state index >= 15 is 0 Å². The minimum absolute atomic E-state index is 0.0503. The van der Waals surface area contributed by atoms with E-state index in [2.05, 4.69) is 24.3 Å². The first-order chi connectivity index (χ1) is 12.1. The zero-order valence-corrected chi connectivity index (χ0v) is 14.1. The zero-order chi connectivity index (χ0) is 17.6. The van der Waals surface area contributed by atoms with Crippen molar-refractivity contribution in [3.63, 3.8) is 0 Å². The van der Waals surface area contributed by atoms with Gasteiger partial charge in [-0.3, -0.25) is 14.9 Å². The van der Waals surface area contributed by atoms with E-state index in [1.807, 2.05) is 11.0 Å². The Balaban J connectivity index is 1.49. The number of nitro benzene ring substituents is 1. The third kappa shape index (κ3) is 4.64. The lowest BCUT2D eigenvalue weighted by Gasteiger charge is -2.32. The van der Waals surface area contributed by atoms with Crippen LogP contribution in [0.1, 0.15) is 11.1 Å². The molecule has 1 N–H and O–H groups in total. The molecular formula is C19H22N3O3+. The topological polar surface area (TPSA) is 67.9 Å². The number of quaternary nitrogens is 1. The fourth-order valence-electron chi connectivity index (χ4n) is 3.16. The number of benzene rings is 2. The van der Waals surface area contributed by atoms with Gasteiger partial charge in [0, 0.05) is 17.7 Å². The van der Waals surface area contributed by atoms with E-state index in [0.717, 1.165) is 38.3 Å². The number of rotatable bonds is 5. The molecule has 0 aromatic heterocycles. The summed E-state index contributed by atoms with van der Waals surface area (Å²) < 4.78 is 0. The van der Waals surface area contributed by atoms with Crippen LogP contribution in [-0.4, -0.2) is 41.9 Å². The fourth-order valence-corrected chi connectivity index (χ4v) is 3.16. The Morgan fingerprint density at radius 2 is 1.64 bits per heavy atom. The van der Waals surface area contributed by atoms with Crippen molar-refractivity contribution in [2.75, 3.05) is 26.2 Å². The molecule has 0 radical (unpaired) electrons. The van der Waals surface area contributed by atoms with Gasteiger partial charge in [-0.25, -0.2) is 0 Å². The number of nitrogens with one attached hydrogen (secondary N) is 1. The van der Waals surface area contributed by atoms with Crippen molar-refractivity contribution in [2.45, 2.75) is 13.0 Å². The molecule has 0 atom stereocenters. The maximum atomic E-state index is 12.4. The molecule has 0 spiro atoms. The van der Waals surface area contributed by atoms with E-state index in [1.165, 1.54) is 22.6 Å². The first-order valence-corrected chi connectivity index (χ1v) is 8.50. The van der Waals surface area contributed by atoms with Crippen LogP contribution in [0.2, 0.25) is 0 Å². The Morgan fingerprint density at radius 3 is 2.24 bits per heavy atom. The number of amides is 1. The third-order valence-corrected chi connectivity index (χ3v) is 4.62. The molecule has 25 heavy (non-hydrogen) atoms. The summed E-state index contributed by atoms with van der Waals surface area (Å²) in [5.41, 5.74) is 2.19. The molecule has 1 fully saturated rings. The molecule has 0 bridgehead atoms. The maximum absolute atomic E-state index is 12.4. The summed E-state index contributed by atoms with van der Waals surface area (Å²) >= 11 is 0. The molecule has 1 aliphatic heterocycles. The van der Waals surface area contributed by atoms with Crippen molar-refractivity contribution in [3.05, 3.63) is 75.8 Å². The summed E-state index contributed by atoms with van der Waals surface area (Å²) in [4.78, 5) is 26.1. The summed E-state index contributed by atoms with van der Waals surface area (Å²) in [5.74, 6) is 0.0904. The molecule has 2 aromatic carbocycles. The molecule has 130 valence electrons. The van der Waals surface area contributed by atoms with Gasteiger partial charge in [-0.05, 0) is 5.56 Å². The first kappa shape index (κ1) is 17.1. The minimum Gasteiger partial charge on any atom is -0.331 e. The van der Waals surface area contributed by atoms with Crippen LogP contribution >= 0.6 is 0 Å². The molecule has 0 aliphatic carbocycles. The second-order valence-corrected chi connectivity index (χ2v) is 6.39. The van der Waals surface area contributed by atoms with Crippen molar-refractivity contribution in [1.29, 1.82) is 0 Å².